The molecule has 0 N–H and O–H groups in total. The van der Waals surface area contributed by atoms with Crippen LogP contribution in [0.15, 0.2) is 97.1 Å². The lowest BCUT2D eigenvalue weighted by Crippen LogP contribution is -2.18. The van der Waals surface area contributed by atoms with Gasteiger partial charge in [-0.1, -0.05) is 85.6 Å². The molecule has 2 heteroatoms. The van der Waals surface area contributed by atoms with Crippen molar-refractivity contribution >= 4 is 5.78 Å². The van der Waals surface area contributed by atoms with Crippen LogP contribution in [0.2, 0.25) is 0 Å². The van der Waals surface area contributed by atoms with Crippen molar-refractivity contribution in [2.24, 2.45) is 0 Å². The first-order valence-electron chi connectivity index (χ1n) is 10.9. The van der Waals surface area contributed by atoms with Crippen molar-refractivity contribution < 1.29 is 9.53 Å². The van der Waals surface area contributed by atoms with Crippen LogP contribution < -0.4 is 4.74 Å². The largest absolute Gasteiger partial charge is 0.457 e. The van der Waals surface area contributed by atoms with Gasteiger partial charge in [0.1, 0.15) is 11.5 Å². The topological polar surface area (TPSA) is 26.3 Å². The highest BCUT2D eigenvalue weighted by Gasteiger charge is 2.22. The molecule has 0 aromatic heterocycles. The first kappa shape index (κ1) is 21.6. The van der Waals surface area contributed by atoms with Crippen molar-refractivity contribution in [1.82, 2.24) is 0 Å². The van der Waals surface area contributed by atoms with Gasteiger partial charge in [-0.05, 0) is 61.4 Å². The normalized spacial score (nSPS) is 11.2. The number of benzene rings is 4. The smallest absolute Gasteiger partial charge is 0.193 e. The summed E-state index contributed by atoms with van der Waals surface area (Å²) in [4.78, 5) is 12.7. The molecule has 0 spiro atoms. The average molecular weight is 421 g/mol. The van der Waals surface area contributed by atoms with Crippen molar-refractivity contribution in [3.8, 4) is 11.5 Å². The molecular weight excluding hydrogens is 392 g/mol. The van der Waals surface area contributed by atoms with Crippen LogP contribution in [-0.4, -0.2) is 5.78 Å². The molecule has 0 aliphatic carbocycles. The molecular formula is C30H28O2. The van der Waals surface area contributed by atoms with Crippen LogP contribution in [0.4, 0.5) is 0 Å². The number of ketones is 1. The third-order valence-corrected chi connectivity index (χ3v) is 6.02. The highest BCUT2D eigenvalue weighted by Crippen LogP contribution is 2.33. The van der Waals surface area contributed by atoms with Crippen molar-refractivity contribution in [2.75, 3.05) is 0 Å². The van der Waals surface area contributed by atoms with Crippen molar-refractivity contribution in [2.45, 2.75) is 33.1 Å². The molecule has 32 heavy (non-hydrogen) atoms. The summed E-state index contributed by atoms with van der Waals surface area (Å²) in [5.41, 5.74) is 6.16. The number of carbonyl (C=O) groups excluding carboxylic acids is 1. The molecule has 160 valence electrons. The summed E-state index contributed by atoms with van der Waals surface area (Å²) in [6.07, 6.45) is 0. The maximum atomic E-state index is 12.7. The zero-order valence-electron chi connectivity index (χ0n) is 19.1. The Morgan fingerprint density at radius 3 is 1.38 bits per heavy atom. The van der Waals surface area contributed by atoms with Gasteiger partial charge in [0.05, 0.1) is 0 Å². The Labute approximate surface area is 190 Å². The predicted octanol–water partition coefficient (Wildman–Crippen LogP) is 7.65. The fraction of sp³-hybridized carbons (Fsp3) is 0.167. The van der Waals surface area contributed by atoms with Crippen molar-refractivity contribution in [3.05, 3.63) is 130 Å². The van der Waals surface area contributed by atoms with E-state index in [1.54, 1.807) is 0 Å². The van der Waals surface area contributed by atoms with Crippen LogP contribution in [-0.2, 0) is 5.41 Å². The van der Waals surface area contributed by atoms with Gasteiger partial charge in [-0.25, -0.2) is 0 Å². The van der Waals surface area contributed by atoms with Crippen LogP contribution in [0.5, 0.6) is 11.5 Å². The number of rotatable bonds is 6. The van der Waals surface area contributed by atoms with E-state index >= 15 is 0 Å². The molecule has 0 heterocycles. The summed E-state index contributed by atoms with van der Waals surface area (Å²) in [7, 11) is 0. The van der Waals surface area contributed by atoms with Crippen molar-refractivity contribution in [1.29, 1.82) is 0 Å². The monoisotopic (exact) mass is 420 g/mol. The lowest BCUT2D eigenvalue weighted by Gasteiger charge is -2.26. The summed E-state index contributed by atoms with van der Waals surface area (Å²) in [5.74, 6) is 1.49. The second-order valence-electron chi connectivity index (χ2n) is 8.84. The van der Waals surface area contributed by atoms with Gasteiger partial charge in [0, 0.05) is 16.5 Å². The Bertz CT molecular complexity index is 1200. The number of ether oxygens (including phenoxy) is 1. The van der Waals surface area contributed by atoms with E-state index in [4.69, 9.17) is 4.74 Å². The van der Waals surface area contributed by atoms with E-state index in [9.17, 15) is 4.79 Å². The molecule has 0 bridgehead atoms. The standard InChI is InChI=1S/C30H28O2/c1-21-5-9-23(10-6-21)29(31)24-11-17-27(18-12-24)32-28-19-15-26(16-20-28)30(3,4)25-13-7-22(2)8-14-25/h5-20H,1-4H3. The maximum absolute atomic E-state index is 12.7. The number of carbonyl (C=O) groups is 1. The van der Waals surface area contributed by atoms with E-state index in [2.05, 4.69) is 57.2 Å². The molecule has 0 aliphatic rings. The molecule has 4 aromatic rings. The van der Waals surface area contributed by atoms with Gasteiger partial charge in [-0.3, -0.25) is 4.79 Å². The second-order valence-corrected chi connectivity index (χ2v) is 8.84. The van der Waals surface area contributed by atoms with E-state index in [1.165, 1.54) is 16.7 Å². The average Bonchev–Trinajstić information content (AvgIpc) is 2.80. The summed E-state index contributed by atoms with van der Waals surface area (Å²) in [5, 5.41) is 0. The molecule has 0 saturated heterocycles. The van der Waals surface area contributed by atoms with Gasteiger partial charge >= 0.3 is 0 Å². The minimum Gasteiger partial charge on any atom is -0.457 e. The van der Waals surface area contributed by atoms with Gasteiger partial charge in [0.2, 0.25) is 0 Å². The highest BCUT2D eigenvalue weighted by atomic mass is 16.5. The SMILES string of the molecule is Cc1ccc(C(=O)c2ccc(Oc3ccc(C(C)(C)c4ccc(C)cc4)cc3)cc2)cc1. The Kier molecular flexibility index (Phi) is 5.96. The van der Waals surface area contributed by atoms with Gasteiger partial charge in [-0.2, -0.15) is 0 Å². The predicted molar refractivity (Wildman–Crippen MR) is 131 cm³/mol. The second kappa shape index (κ2) is 8.84. The van der Waals surface area contributed by atoms with E-state index in [0.717, 1.165) is 11.3 Å². The Balaban J connectivity index is 1.46. The third kappa shape index (κ3) is 4.65. The van der Waals surface area contributed by atoms with Crippen LogP contribution in [0, 0.1) is 13.8 Å². The lowest BCUT2D eigenvalue weighted by molar-refractivity contribution is 0.103. The molecule has 2 nitrogen and oxygen atoms in total. The van der Waals surface area contributed by atoms with E-state index in [0.29, 0.717) is 16.9 Å². The fourth-order valence-electron chi connectivity index (χ4n) is 3.76. The van der Waals surface area contributed by atoms with Crippen LogP contribution >= 0.6 is 0 Å². The van der Waals surface area contributed by atoms with E-state index in [-0.39, 0.29) is 11.2 Å². The number of hydrogen-bond donors (Lipinski definition) is 0. The maximum Gasteiger partial charge on any atom is 0.193 e. The van der Waals surface area contributed by atoms with E-state index < -0.39 is 0 Å². The van der Waals surface area contributed by atoms with Crippen LogP contribution in [0.25, 0.3) is 0 Å². The molecule has 0 fully saturated rings. The first-order chi connectivity index (χ1) is 15.3. The first-order valence-corrected chi connectivity index (χ1v) is 10.9. The molecule has 0 aliphatic heterocycles. The summed E-state index contributed by atoms with van der Waals surface area (Å²) in [6, 6.07) is 31.9. The molecule has 0 radical (unpaired) electrons. The zero-order valence-corrected chi connectivity index (χ0v) is 19.1. The molecule has 0 atom stereocenters. The highest BCUT2D eigenvalue weighted by molar-refractivity contribution is 6.09. The van der Waals surface area contributed by atoms with Gasteiger partial charge < -0.3 is 4.74 Å². The van der Waals surface area contributed by atoms with Gasteiger partial charge in [0.25, 0.3) is 0 Å². The Morgan fingerprint density at radius 1 is 0.562 bits per heavy atom. The minimum atomic E-state index is -0.0930. The Hall–Kier alpha value is -3.65. The minimum absolute atomic E-state index is 0.0132. The summed E-state index contributed by atoms with van der Waals surface area (Å²) >= 11 is 0. The lowest BCUT2D eigenvalue weighted by atomic mass is 9.78. The molecule has 0 saturated carbocycles. The van der Waals surface area contributed by atoms with E-state index in [1.807, 2.05) is 67.6 Å². The third-order valence-electron chi connectivity index (χ3n) is 6.02. The molecule has 4 aromatic carbocycles. The Morgan fingerprint density at radius 2 is 0.906 bits per heavy atom. The quantitative estimate of drug-likeness (QED) is 0.299. The zero-order chi connectivity index (χ0) is 22.7. The molecule has 0 unspecified atom stereocenters. The van der Waals surface area contributed by atoms with Crippen LogP contribution in [0.3, 0.4) is 0 Å². The van der Waals surface area contributed by atoms with Crippen molar-refractivity contribution in [3.63, 3.8) is 0 Å². The van der Waals surface area contributed by atoms with Gasteiger partial charge in [0.15, 0.2) is 5.78 Å². The van der Waals surface area contributed by atoms with Crippen LogP contribution in [0.1, 0.15) is 52.0 Å². The number of aryl methyl sites for hydroxylation is 2. The molecule has 4 rings (SSSR count). The summed E-state index contributed by atoms with van der Waals surface area (Å²) in [6.45, 7) is 8.58. The molecule has 0 amide bonds. The fourth-order valence-corrected chi connectivity index (χ4v) is 3.76. The number of hydrogen-bond acceptors (Lipinski definition) is 2. The van der Waals surface area contributed by atoms with Gasteiger partial charge in [-0.15, -0.1) is 0 Å². The summed E-state index contributed by atoms with van der Waals surface area (Å²) < 4.78 is 6.01.